The number of Topliss-reactive ketones (excluding diaryl/α,β-unsaturated/α-hetero) is 1. The van der Waals surface area contributed by atoms with Gasteiger partial charge < -0.3 is 10.6 Å². The SMILES string of the molecule is CC(=O)c1sc2nccc(N(C)Cc3ccccc3)c2c1N. The predicted molar refractivity (Wildman–Crippen MR) is 92.6 cm³/mol. The van der Waals surface area contributed by atoms with E-state index in [0.29, 0.717) is 10.6 Å². The third-order valence-corrected chi connectivity index (χ3v) is 4.81. The van der Waals surface area contributed by atoms with Gasteiger partial charge in [0.1, 0.15) is 4.83 Å². The van der Waals surface area contributed by atoms with Crippen molar-refractivity contribution in [3.8, 4) is 0 Å². The number of pyridine rings is 1. The van der Waals surface area contributed by atoms with Gasteiger partial charge in [0.05, 0.1) is 21.6 Å². The molecular weight excluding hydrogens is 294 g/mol. The Balaban J connectivity index is 2.05. The number of ketones is 1. The van der Waals surface area contributed by atoms with Crippen LogP contribution >= 0.6 is 11.3 Å². The molecule has 2 aromatic heterocycles. The van der Waals surface area contributed by atoms with Gasteiger partial charge in [-0.2, -0.15) is 0 Å². The molecule has 0 unspecified atom stereocenters. The van der Waals surface area contributed by atoms with Gasteiger partial charge in [0.15, 0.2) is 5.78 Å². The molecule has 0 saturated carbocycles. The number of carbonyl (C=O) groups is 1. The third kappa shape index (κ3) is 2.55. The Kier molecular flexibility index (Phi) is 3.81. The Bertz CT molecular complexity index is 827. The van der Waals surface area contributed by atoms with E-state index in [1.807, 2.05) is 31.3 Å². The monoisotopic (exact) mass is 311 g/mol. The molecule has 4 nitrogen and oxygen atoms in total. The summed E-state index contributed by atoms with van der Waals surface area (Å²) in [6.07, 6.45) is 1.76. The van der Waals surface area contributed by atoms with Crippen molar-refractivity contribution in [1.29, 1.82) is 0 Å². The molecule has 0 aliphatic rings. The van der Waals surface area contributed by atoms with Gasteiger partial charge in [-0.15, -0.1) is 11.3 Å². The summed E-state index contributed by atoms with van der Waals surface area (Å²) in [5.74, 6) is -0.0165. The summed E-state index contributed by atoms with van der Waals surface area (Å²) >= 11 is 1.36. The molecule has 0 saturated heterocycles. The first-order chi connectivity index (χ1) is 10.6. The summed E-state index contributed by atoms with van der Waals surface area (Å²) in [5.41, 5.74) is 8.95. The van der Waals surface area contributed by atoms with E-state index in [4.69, 9.17) is 5.73 Å². The van der Waals surface area contributed by atoms with E-state index in [-0.39, 0.29) is 5.78 Å². The van der Waals surface area contributed by atoms with Crippen molar-refractivity contribution < 1.29 is 4.79 Å². The zero-order chi connectivity index (χ0) is 15.7. The maximum absolute atomic E-state index is 11.7. The number of aromatic nitrogens is 1. The second kappa shape index (κ2) is 5.77. The molecule has 3 rings (SSSR count). The number of nitrogens with zero attached hydrogens (tertiary/aromatic N) is 2. The molecule has 0 fully saturated rings. The zero-order valence-corrected chi connectivity index (χ0v) is 13.4. The summed E-state index contributed by atoms with van der Waals surface area (Å²) in [6, 6.07) is 12.2. The number of fused-ring (bicyclic) bond motifs is 1. The lowest BCUT2D eigenvalue weighted by Crippen LogP contribution is -2.16. The minimum Gasteiger partial charge on any atom is -0.397 e. The smallest absolute Gasteiger partial charge is 0.171 e. The highest BCUT2D eigenvalue weighted by Crippen LogP contribution is 2.38. The van der Waals surface area contributed by atoms with Crippen LogP contribution in [0.5, 0.6) is 0 Å². The van der Waals surface area contributed by atoms with Gasteiger partial charge in [-0.1, -0.05) is 30.3 Å². The first-order valence-electron chi connectivity index (χ1n) is 7.01. The van der Waals surface area contributed by atoms with Crippen LogP contribution in [0, 0.1) is 0 Å². The Morgan fingerprint density at radius 2 is 2.00 bits per heavy atom. The molecule has 3 aromatic rings. The summed E-state index contributed by atoms with van der Waals surface area (Å²) < 4.78 is 0. The van der Waals surface area contributed by atoms with Gasteiger partial charge >= 0.3 is 0 Å². The van der Waals surface area contributed by atoms with Crippen LogP contribution < -0.4 is 10.6 Å². The average Bonchev–Trinajstić information content (AvgIpc) is 2.86. The number of benzene rings is 1. The number of nitrogens with two attached hydrogens (primary N) is 1. The van der Waals surface area contributed by atoms with E-state index in [1.54, 1.807) is 6.20 Å². The molecule has 2 N–H and O–H groups in total. The fourth-order valence-corrected chi connectivity index (χ4v) is 3.53. The number of nitrogen functional groups attached to an aromatic ring is 1. The van der Waals surface area contributed by atoms with Gasteiger partial charge in [-0.25, -0.2) is 4.98 Å². The molecule has 112 valence electrons. The molecule has 0 aliphatic carbocycles. The number of hydrogen-bond donors (Lipinski definition) is 1. The summed E-state index contributed by atoms with van der Waals surface area (Å²) in [6.45, 7) is 2.30. The maximum atomic E-state index is 11.7. The average molecular weight is 311 g/mol. The number of rotatable bonds is 4. The molecule has 1 aromatic carbocycles. The maximum Gasteiger partial charge on any atom is 0.171 e. The van der Waals surface area contributed by atoms with Crippen molar-refractivity contribution in [3.05, 3.63) is 53.0 Å². The van der Waals surface area contributed by atoms with E-state index in [1.165, 1.54) is 23.8 Å². The number of hydrogen-bond acceptors (Lipinski definition) is 5. The van der Waals surface area contributed by atoms with Crippen LogP contribution in [0.15, 0.2) is 42.6 Å². The minimum absolute atomic E-state index is 0.0165. The fraction of sp³-hybridized carbons (Fsp3) is 0.176. The highest BCUT2D eigenvalue weighted by atomic mass is 32.1. The first kappa shape index (κ1) is 14.5. The van der Waals surface area contributed by atoms with E-state index in [2.05, 4.69) is 22.0 Å². The van der Waals surface area contributed by atoms with Crippen molar-refractivity contribution in [2.24, 2.45) is 0 Å². The van der Waals surface area contributed by atoms with E-state index in [9.17, 15) is 4.79 Å². The van der Waals surface area contributed by atoms with Gasteiger partial charge in [0, 0.05) is 26.7 Å². The summed E-state index contributed by atoms with van der Waals surface area (Å²) in [4.78, 5) is 19.6. The molecule has 5 heteroatoms. The van der Waals surface area contributed by atoms with Crippen LogP contribution in [0.2, 0.25) is 0 Å². The van der Waals surface area contributed by atoms with Crippen molar-refractivity contribution in [2.75, 3.05) is 17.7 Å². The molecule has 0 aliphatic heterocycles. The highest BCUT2D eigenvalue weighted by molar-refractivity contribution is 7.21. The van der Waals surface area contributed by atoms with Crippen LogP contribution in [-0.2, 0) is 6.54 Å². The highest BCUT2D eigenvalue weighted by Gasteiger charge is 2.18. The van der Waals surface area contributed by atoms with Crippen molar-refractivity contribution in [1.82, 2.24) is 4.98 Å². The van der Waals surface area contributed by atoms with Crippen LogP contribution in [0.25, 0.3) is 10.2 Å². The van der Waals surface area contributed by atoms with Gasteiger partial charge in [0.25, 0.3) is 0 Å². The number of carbonyl (C=O) groups excluding carboxylic acids is 1. The molecule has 22 heavy (non-hydrogen) atoms. The fourth-order valence-electron chi connectivity index (χ4n) is 2.55. The van der Waals surface area contributed by atoms with Crippen LogP contribution in [0.1, 0.15) is 22.2 Å². The standard InChI is InChI=1S/C17H17N3OS/c1-11(21)16-15(18)14-13(8-9-19-17(14)22-16)20(2)10-12-6-4-3-5-7-12/h3-9H,10,18H2,1-2H3. The topological polar surface area (TPSA) is 59.2 Å². The Hall–Kier alpha value is -2.40. The second-order valence-electron chi connectivity index (χ2n) is 5.25. The lowest BCUT2D eigenvalue weighted by atomic mass is 10.1. The Morgan fingerprint density at radius 3 is 2.68 bits per heavy atom. The minimum atomic E-state index is -0.0165. The summed E-state index contributed by atoms with van der Waals surface area (Å²) in [5, 5.41) is 0.871. The van der Waals surface area contributed by atoms with Gasteiger partial charge in [-0.05, 0) is 11.6 Å². The molecule has 2 heterocycles. The zero-order valence-electron chi connectivity index (χ0n) is 12.5. The second-order valence-corrected chi connectivity index (χ2v) is 6.25. The van der Waals surface area contributed by atoms with Gasteiger partial charge in [-0.3, -0.25) is 4.79 Å². The quantitative estimate of drug-likeness (QED) is 0.746. The van der Waals surface area contributed by atoms with Gasteiger partial charge in [0.2, 0.25) is 0 Å². The number of thiophene rings is 1. The van der Waals surface area contributed by atoms with Crippen LogP contribution in [-0.4, -0.2) is 17.8 Å². The van der Waals surface area contributed by atoms with Crippen molar-refractivity contribution >= 4 is 38.7 Å². The molecular formula is C17H17N3OS. The molecule has 0 amide bonds. The predicted octanol–water partition coefficient (Wildman–Crippen LogP) is 3.72. The lowest BCUT2D eigenvalue weighted by molar-refractivity contribution is 0.102. The Morgan fingerprint density at radius 1 is 1.27 bits per heavy atom. The summed E-state index contributed by atoms with van der Waals surface area (Å²) in [7, 11) is 2.02. The van der Waals surface area contributed by atoms with Crippen LogP contribution in [0.3, 0.4) is 0 Å². The molecule has 0 atom stereocenters. The van der Waals surface area contributed by atoms with Crippen molar-refractivity contribution in [2.45, 2.75) is 13.5 Å². The molecule has 0 spiro atoms. The number of anilines is 2. The Labute approximate surface area is 133 Å². The third-order valence-electron chi connectivity index (χ3n) is 3.60. The molecule has 0 radical (unpaired) electrons. The normalized spacial score (nSPS) is 10.8. The van der Waals surface area contributed by atoms with E-state index in [0.717, 1.165) is 22.4 Å². The first-order valence-corrected chi connectivity index (χ1v) is 7.82. The van der Waals surface area contributed by atoms with E-state index < -0.39 is 0 Å². The van der Waals surface area contributed by atoms with Crippen molar-refractivity contribution in [3.63, 3.8) is 0 Å². The largest absolute Gasteiger partial charge is 0.397 e. The van der Waals surface area contributed by atoms with Crippen LogP contribution in [0.4, 0.5) is 11.4 Å². The van der Waals surface area contributed by atoms with E-state index >= 15 is 0 Å². The lowest BCUT2D eigenvalue weighted by Gasteiger charge is -2.20. The molecule has 0 bridgehead atoms.